The highest BCUT2D eigenvalue weighted by Crippen LogP contribution is 2.30. The molecule has 4 N–H and O–H groups in total. The maximum absolute atomic E-state index is 14.8. The van der Waals surface area contributed by atoms with E-state index in [1.807, 2.05) is 0 Å². The first-order valence-electron chi connectivity index (χ1n) is 12.9. The first kappa shape index (κ1) is 26.7. The minimum absolute atomic E-state index is 0.199. The molecule has 0 radical (unpaired) electrons. The summed E-state index contributed by atoms with van der Waals surface area (Å²) in [5.74, 6) is -0.320. The molecule has 2 heterocycles. The Labute approximate surface area is 212 Å². The van der Waals surface area contributed by atoms with Gasteiger partial charge in [-0.3, -0.25) is 0 Å². The van der Waals surface area contributed by atoms with Gasteiger partial charge in [-0.15, -0.1) is 0 Å². The Bertz CT molecular complexity index is 995. The molecule has 0 spiro atoms. The molecule has 2 fully saturated rings. The minimum Gasteiger partial charge on any atom is -0.388 e. The molecular weight excluding hydrogens is 466 g/mol. The predicted octanol–water partition coefficient (Wildman–Crippen LogP) is 4.33. The third-order valence-corrected chi connectivity index (χ3v) is 7.18. The first-order chi connectivity index (χ1) is 17.3. The summed E-state index contributed by atoms with van der Waals surface area (Å²) in [6.45, 7) is 3.97. The molecule has 1 saturated carbocycles. The Morgan fingerprint density at radius 2 is 1.83 bits per heavy atom. The molecule has 9 heteroatoms. The average Bonchev–Trinajstić information content (AvgIpc) is 2.87. The van der Waals surface area contributed by atoms with E-state index in [2.05, 4.69) is 27.9 Å². The minimum atomic E-state index is -0.948. The van der Waals surface area contributed by atoms with Gasteiger partial charge in [0.25, 0.3) is 0 Å². The highest BCUT2D eigenvalue weighted by atomic mass is 19.1. The van der Waals surface area contributed by atoms with Gasteiger partial charge in [0.15, 0.2) is 0 Å². The van der Waals surface area contributed by atoms with Crippen molar-refractivity contribution in [3.8, 4) is 11.1 Å². The van der Waals surface area contributed by atoms with Crippen LogP contribution >= 0.6 is 0 Å². The third kappa shape index (κ3) is 7.12. The lowest BCUT2D eigenvalue weighted by atomic mass is 9.90. The van der Waals surface area contributed by atoms with Crippen molar-refractivity contribution in [2.45, 2.75) is 69.2 Å². The summed E-state index contributed by atoms with van der Waals surface area (Å²) in [5, 5.41) is 20.7. The fourth-order valence-corrected chi connectivity index (χ4v) is 5.07. The smallest absolute Gasteiger partial charge is 0.149 e. The van der Waals surface area contributed by atoms with Crippen LogP contribution in [0.5, 0.6) is 0 Å². The molecule has 0 amide bonds. The number of aliphatic hydroxyl groups is 1. The summed E-state index contributed by atoms with van der Waals surface area (Å²) in [4.78, 5) is 4.24. The van der Waals surface area contributed by atoms with Crippen LogP contribution in [-0.4, -0.2) is 67.3 Å². The van der Waals surface area contributed by atoms with Crippen molar-refractivity contribution < 1.29 is 23.4 Å². The van der Waals surface area contributed by atoms with E-state index in [4.69, 9.17) is 9.47 Å². The van der Waals surface area contributed by atoms with Crippen molar-refractivity contribution in [1.82, 2.24) is 10.3 Å². The zero-order chi connectivity index (χ0) is 25.5. The number of rotatable bonds is 10. The quantitative estimate of drug-likeness (QED) is 0.383. The maximum atomic E-state index is 14.8. The fourth-order valence-electron chi connectivity index (χ4n) is 5.07. The number of nitrogens with zero attached hydrogens (tertiary/aromatic N) is 1. The second-order valence-electron chi connectivity index (χ2n) is 10.2. The summed E-state index contributed by atoms with van der Waals surface area (Å²) in [6, 6.07) is 7.19. The Morgan fingerprint density at radius 1 is 1.11 bits per heavy atom. The number of nitrogens with one attached hydrogen (secondary N) is 3. The van der Waals surface area contributed by atoms with Gasteiger partial charge >= 0.3 is 0 Å². The van der Waals surface area contributed by atoms with Gasteiger partial charge in [0.1, 0.15) is 17.5 Å². The van der Waals surface area contributed by atoms with Crippen LogP contribution in [0.25, 0.3) is 11.1 Å². The van der Waals surface area contributed by atoms with Crippen molar-refractivity contribution in [2.24, 2.45) is 0 Å². The zero-order valence-corrected chi connectivity index (χ0v) is 21.2. The van der Waals surface area contributed by atoms with Gasteiger partial charge < -0.3 is 30.5 Å². The molecule has 7 nitrogen and oxygen atoms in total. The summed E-state index contributed by atoms with van der Waals surface area (Å²) in [5.41, 5.74) is 0.173. The molecule has 198 valence electrons. The van der Waals surface area contributed by atoms with Crippen LogP contribution in [0.1, 0.15) is 45.4 Å². The highest BCUT2D eigenvalue weighted by molar-refractivity contribution is 5.71. The maximum Gasteiger partial charge on any atom is 0.149 e. The lowest BCUT2D eigenvalue weighted by Gasteiger charge is -2.32. The molecule has 1 saturated heterocycles. The molecular formula is C27H38F2N4O3. The molecule has 1 aliphatic heterocycles. The normalized spacial score (nSPS) is 22.7. The summed E-state index contributed by atoms with van der Waals surface area (Å²) in [6.07, 6.45) is 6.25. The van der Waals surface area contributed by atoms with Gasteiger partial charge in [0.05, 0.1) is 24.1 Å². The molecule has 0 bridgehead atoms. The molecule has 36 heavy (non-hydrogen) atoms. The Kier molecular flexibility index (Phi) is 9.11. The predicted molar refractivity (Wildman–Crippen MR) is 137 cm³/mol. The number of pyridine rings is 1. The molecule has 4 rings (SSSR count). The summed E-state index contributed by atoms with van der Waals surface area (Å²) in [7, 11) is 1.71. The van der Waals surface area contributed by atoms with E-state index in [1.165, 1.54) is 12.3 Å². The lowest BCUT2D eigenvalue weighted by molar-refractivity contribution is -0.0543. The topological polar surface area (TPSA) is 87.7 Å². The summed E-state index contributed by atoms with van der Waals surface area (Å²) >= 11 is 0. The Hall–Kier alpha value is -2.33. The molecule has 2 aromatic rings. The molecule has 1 aromatic carbocycles. The standard InChI is InChI=1S/C27H38F2N4O3/c1-18(16-35-2)32-20-4-6-21(7-5-20)33-26-14-22(24(29)15-30-26)19-3-8-23(28)25(13-19)31-17-27(34)9-11-36-12-10-27/h3,8,13-15,18,20-21,31-32,34H,4-7,9-12,16-17H2,1-2H3,(H,30,33)/t18-,20-,21-/m1/s1. The van der Waals surface area contributed by atoms with Gasteiger partial charge in [-0.2, -0.15) is 0 Å². The van der Waals surface area contributed by atoms with Crippen LogP contribution in [0, 0.1) is 11.6 Å². The van der Waals surface area contributed by atoms with Crippen LogP contribution < -0.4 is 16.0 Å². The van der Waals surface area contributed by atoms with Crippen LogP contribution in [0.3, 0.4) is 0 Å². The number of hydrogen-bond acceptors (Lipinski definition) is 7. The van der Waals surface area contributed by atoms with E-state index in [9.17, 15) is 13.9 Å². The van der Waals surface area contributed by atoms with Crippen molar-refractivity contribution in [2.75, 3.05) is 44.1 Å². The SMILES string of the molecule is COC[C@@H](C)N[C@H]1CC[C@H](Nc2cc(-c3ccc(F)c(NCC4(O)CCOCC4)c3)c(F)cn2)CC1. The second kappa shape index (κ2) is 12.3. The highest BCUT2D eigenvalue weighted by Gasteiger charge is 2.30. The second-order valence-corrected chi connectivity index (χ2v) is 10.2. The van der Waals surface area contributed by atoms with Gasteiger partial charge in [0, 0.05) is 63.4 Å². The van der Waals surface area contributed by atoms with E-state index < -0.39 is 17.2 Å². The van der Waals surface area contributed by atoms with Crippen LogP contribution in [0.4, 0.5) is 20.3 Å². The molecule has 2 aliphatic rings. The number of halogens is 2. The van der Waals surface area contributed by atoms with Gasteiger partial charge in [-0.1, -0.05) is 6.07 Å². The first-order valence-corrected chi connectivity index (χ1v) is 12.9. The van der Waals surface area contributed by atoms with Gasteiger partial charge in [-0.05, 0) is 56.4 Å². The number of aromatic nitrogens is 1. The molecule has 1 atom stereocenters. The van der Waals surface area contributed by atoms with Gasteiger partial charge in [-0.25, -0.2) is 13.8 Å². The summed E-state index contributed by atoms with van der Waals surface area (Å²) < 4.78 is 39.8. The lowest BCUT2D eigenvalue weighted by Crippen LogP contribution is -2.42. The molecule has 0 unspecified atom stereocenters. The number of hydrogen-bond donors (Lipinski definition) is 4. The van der Waals surface area contributed by atoms with Crippen molar-refractivity contribution in [1.29, 1.82) is 0 Å². The molecule has 1 aromatic heterocycles. The average molecular weight is 505 g/mol. The Balaban J connectivity index is 1.39. The third-order valence-electron chi connectivity index (χ3n) is 7.18. The van der Waals surface area contributed by atoms with Crippen LogP contribution in [0.15, 0.2) is 30.5 Å². The van der Waals surface area contributed by atoms with E-state index in [-0.39, 0.29) is 18.3 Å². The van der Waals surface area contributed by atoms with Crippen molar-refractivity contribution in [3.63, 3.8) is 0 Å². The van der Waals surface area contributed by atoms with Crippen LogP contribution in [0.2, 0.25) is 0 Å². The van der Waals surface area contributed by atoms with Gasteiger partial charge in [0.2, 0.25) is 0 Å². The van der Waals surface area contributed by atoms with Crippen LogP contribution in [-0.2, 0) is 9.47 Å². The number of ether oxygens (including phenoxy) is 2. The zero-order valence-electron chi connectivity index (χ0n) is 21.2. The van der Waals surface area contributed by atoms with E-state index >= 15 is 0 Å². The number of methoxy groups -OCH3 is 1. The molecule has 1 aliphatic carbocycles. The largest absolute Gasteiger partial charge is 0.388 e. The van der Waals surface area contributed by atoms with Crippen molar-refractivity contribution >= 4 is 11.5 Å². The Morgan fingerprint density at radius 3 is 2.56 bits per heavy atom. The van der Waals surface area contributed by atoms with E-state index in [1.54, 1.807) is 25.3 Å². The number of benzene rings is 1. The monoisotopic (exact) mass is 504 g/mol. The van der Waals surface area contributed by atoms with Crippen molar-refractivity contribution in [3.05, 3.63) is 42.1 Å². The number of anilines is 2. The fraction of sp³-hybridized carbons (Fsp3) is 0.593. The van der Waals surface area contributed by atoms with E-state index in [0.29, 0.717) is 61.7 Å². The van der Waals surface area contributed by atoms with E-state index in [0.717, 1.165) is 25.7 Å².